The van der Waals surface area contributed by atoms with Crippen LogP contribution in [-0.4, -0.2) is 11.9 Å². The fraction of sp³-hybridized carbons (Fsp3) is 0.235. The monoisotopic (exact) mass is 268 g/mol. The number of benzene rings is 2. The van der Waals surface area contributed by atoms with E-state index in [-0.39, 0.29) is 11.9 Å². The number of nitrogens with two attached hydrogens (primary N) is 1. The van der Waals surface area contributed by atoms with Gasteiger partial charge in [0.15, 0.2) is 0 Å². The Morgan fingerprint density at radius 3 is 2.05 bits per heavy atom. The highest BCUT2D eigenvalue weighted by Gasteiger charge is 2.14. The predicted octanol–water partition coefficient (Wildman–Crippen LogP) is 2.26. The number of rotatable bonds is 7. The van der Waals surface area contributed by atoms with Gasteiger partial charge in [0.25, 0.3) is 0 Å². The summed E-state index contributed by atoms with van der Waals surface area (Å²) in [6.07, 6.45) is 1.56. The molecule has 0 aliphatic rings. The second kappa shape index (κ2) is 7.46. The number of aryl methyl sites for hydroxylation is 1. The van der Waals surface area contributed by atoms with Gasteiger partial charge in [-0.15, -0.1) is 0 Å². The lowest BCUT2D eigenvalue weighted by molar-refractivity contribution is -0.120. The van der Waals surface area contributed by atoms with Crippen molar-refractivity contribution in [2.45, 2.75) is 25.4 Å². The fourth-order valence-corrected chi connectivity index (χ4v) is 2.14. The maximum absolute atomic E-state index is 11.5. The maximum Gasteiger partial charge on any atom is 0.234 e. The van der Waals surface area contributed by atoms with Gasteiger partial charge in [-0.1, -0.05) is 60.7 Å². The minimum Gasteiger partial charge on any atom is -0.368 e. The van der Waals surface area contributed by atoms with Gasteiger partial charge < -0.3 is 11.1 Å². The molecule has 0 aliphatic carbocycles. The van der Waals surface area contributed by atoms with Crippen LogP contribution in [-0.2, 0) is 17.8 Å². The van der Waals surface area contributed by atoms with Crippen molar-refractivity contribution in [1.29, 1.82) is 0 Å². The van der Waals surface area contributed by atoms with E-state index in [9.17, 15) is 4.79 Å². The molecule has 1 atom stereocenters. The van der Waals surface area contributed by atoms with E-state index in [1.54, 1.807) is 0 Å². The third-order valence-electron chi connectivity index (χ3n) is 3.30. The summed E-state index contributed by atoms with van der Waals surface area (Å²) < 4.78 is 0. The van der Waals surface area contributed by atoms with E-state index in [1.165, 1.54) is 5.56 Å². The minimum atomic E-state index is -0.296. The molecular formula is C17H20N2O. The Labute approximate surface area is 119 Å². The minimum absolute atomic E-state index is 0.295. The van der Waals surface area contributed by atoms with Crippen LogP contribution in [0.3, 0.4) is 0 Å². The third-order valence-corrected chi connectivity index (χ3v) is 3.30. The number of carbonyl (C=O) groups is 1. The maximum atomic E-state index is 11.5. The first-order valence-corrected chi connectivity index (χ1v) is 6.86. The number of primary amides is 1. The summed E-state index contributed by atoms with van der Waals surface area (Å²) in [7, 11) is 0. The van der Waals surface area contributed by atoms with Gasteiger partial charge in [0.05, 0.1) is 6.04 Å². The van der Waals surface area contributed by atoms with Gasteiger partial charge in [-0.05, 0) is 24.0 Å². The lowest BCUT2D eigenvalue weighted by Crippen LogP contribution is -2.41. The summed E-state index contributed by atoms with van der Waals surface area (Å²) in [5.41, 5.74) is 7.84. The smallest absolute Gasteiger partial charge is 0.234 e. The lowest BCUT2D eigenvalue weighted by Gasteiger charge is -2.15. The van der Waals surface area contributed by atoms with Crippen molar-refractivity contribution < 1.29 is 4.79 Å². The Hall–Kier alpha value is -2.13. The highest BCUT2D eigenvalue weighted by Crippen LogP contribution is 2.06. The van der Waals surface area contributed by atoms with Crippen LogP contribution in [0.25, 0.3) is 0 Å². The molecule has 3 N–H and O–H groups in total. The van der Waals surface area contributed by atoms with Crippen LogP contribution in [0.5, 0.6) is 0 Å². The normalized spacial score (nSPS) is 12.0. The first-order chi connectivity index (χ1) is 9.75. The zero-order chi connectivity index (χ0) is 14.2. The first-order valence-electron chi connectivity index (χ1n) is 6.86. The highest BCUT2D eigenvalue weighted by atomic mass is 16.1. The Balaban J connectivity index is 1.86. The molecule has 1 amide bonds. The molecule has 3 nitrogen and oxygen atoms in total. The van der Waals surface area contributed by atoms with Crippen molar-refractivity contribution in [3.05, 3.63) is 71.8 Å². The second-order valence-corrected chi connectivity index (χ2v) is 4.85. The van der Waals surface area contributed by atoms with Crippen molar-refractivity contribution in [1.82, 2.24) is 5.32 Å². The molecule has 0 saturated carbocycles. The van der Waals surface area contributed by atoms with Crippen molar-refractivity contribution >= 4 is 5.91 Å². The largest absolute Gasteiger partial charge is 0.368 e. The molecule has 0 aliphatic heterocycles. The van der Waals surface area contributed by atoms with E-state index in [4.69, 9.17) is 5.73 Å². The molecule has 0 saturated heterocycles. The van der Waals surface area contributed by atoms with Crippen LogP contribution in [0.15, 0.2) is 60.7 Å². The molecule has 0 bridgehead atoms. The van der Waals surface area contributed by atoms with E-state index in [2.05, 4.69) is 17.4 Å². The Morgan fingerprint density at radius 1 is 0.950 bits per heavy atom. The second-order valence-electron chi connectivity index (χ2n) is 4.85. The molecule has 104 valence electrons. The van der Waals surface area contributed by atoms with Crippen molar-refractivity contribution in [3.63, 3.8) is 0 Å². The number of carbonyl (C=O) groups excluding carboxylic acids is 1. The van der Waals surface area contributed by atoms with Crippen molar-refractivity contribution in [2.24, 2.45) is 5.73 Å². The van der Waals surface area contributed by atoms with Crippen LogP contribution in [0.1, 0.15) is 17.5 Å². The molecule has 2 aromatic carbocycles. The molecule has 0 fully saturated rings. The molecule has 0 spiro atoms. The zero-order valence-electron chi connectivity index (χ0n) is 11.5. The third kappa shape index (κ3) is 4.52. The Bertz CT molecular complexity index is 482. The summed E-state index contributed by atoms with van der Waals surface area (Å²) in [6, 6.07) is 19.8. The molecule has 0 aromatic heterocycles. The van der Waals surface area contributed by atoms with Crippen LogP contribution in [0, 0.1) is 0 Å². The highest BCUT2D eigenvalue weighted by molar-refractivity contribution is 5.79. The van der Waals surface area contributed by atoms with Crippen molar-refractivity contribution in [2.75, 3.05) is 0 Å². The van der Waals surface area contributed by atoms with Gasteiger partial charge in [0, 0.05) is 6.54 Å². The van der Waals surface area contributed by atoms with Gasteiger partial charge in [0.2, 0.25) is 5.91 Å². The summed E-state index contributed by atoms with van der Waals surface area (Å²) in [4.78, 5) is 11.5. The van der Waals surface area contributed by atoms with E-state index in [0.717, 1.165) is 12.0 Å². The van der Waals surface area contributed by atoms with Crippen LogP contribution >= 0.6 is 0 Å². The SMILES string of the molecule is NC(=O)C(CCc1ccccc1)NCc1ccccc1. The molecule has 0 radical (unpaired) electrons. The van der Waals surface area contributed by atoms with Gasteiger partial charge in [0.1, 0.15) is 0 Å². The van der Waals surface area contributed by atoms with Gasteiger partial charge in [-0.2, -0.15) is 0 Å². The summed E-state index contributed by atoms with van der Waals surface area (Å²) in [5, 5.41) is 3.23. The van der Waals surface area contributed by atoms with E-state index < -0.39 is 0 Å². The molecule has 3 heteroatoms. The van der Waals surface area contributed by atoms with Crippen LogP contribution in [0.2, 0.25) is 0 Å². The van der Waals surface area contributed by atoms with Crippen LogP contribution < -0.4 is 11.1 Å². The standard InChI is InChI=1S/C17H20N2O/c18-17(20)16(12-11-14-7-3-1-4-8-14)19-13-15-9-5-2-6-10-15/h1-10,16,19H,11-13H2,(H2,18,20). The topological polar surface area (TPSA) is 55.1 Å². The predicted molar refractivity (Wildman–Crippen MR) is 81.0 cm³/mol. The summed E-state index contributed by atoms with van der Waals surface area (Å²) in [5.74, 6) is -0.295. The van der Waals surface area contributed by atoms with Crippen LogP contribution in [0.4, 0.5) is 0 Å². The lowest BCUT2D eigenvalue weighted by atomic mass is 10.0. The van der Waals surface area contributed by atoms with E-state index >= 15 is 0 Å². The molecule has 2 rings (SSSR count). The summed E-state index contributed by atoms with van der Waals surface area (Å²) >= 11 is 0. The quantitative estimate of drug-likeness (QED) is 0.809. The number of hydrogen-bond donors (Lipinski definition) is 2. The van der Waals surface area contributed by atoms with E-state index in [0.29, 0.717) is 13.0 Å². The molecule has 1 unspecified atom stereocenters. The average Bonchev–Trinajstić information content (AvgIpc) is 2.49. The van der Waals surface area contributed by atoms with Crippen molar-refractivity contribution in [3.8, 4) is 0 Å². The fourth-order valence-electron chi connectivity index (χ4n) is 2.14. The Morgan fingerprint density at radius 2 is 1.50 bits per heavy atom. The molecule has 20 heavy (non-hydrogen) atoms. The molecule has 2 aromatic rings. The van der Waals surface area contributed by atoms with Gasteiger partial charge >= 0.3 is 0 Å². The zero-order valence-corrected chi connectivity index (χ0v) is 11.5. The molecular weight excluding hydrogens is 248 g/mol. The summed E-state index contributed by atoms with van der Waals surface area (Å²) in [6.45, 7) is 0.656. The number of hydrogen-bond acceptors (Lipinski definition) is 2. The Kier molecular flexibility index (Phi) is 5.33. The molecule has 0 heterocycles. The number of nitrogens with one attached hydrogen (secondary N) is 1. The van der Waals surface area contributed by atoms with Gasteiger partial charge in [-0.25, -0.2) is 0 Å². The average molecular weight is 268 g/mol. The van der Waals surface area contributed by atoms with Gasteiger partial charge in [-0.3, -0.25) is 4.79 Å². The number of amides is 1. The van der Waals surface area contributed by atoms with E-state index in [1.807, 2.05) is 48.5 Å². The first kappa shape index (κ1) is 14.3.